The molecule has 100 valence electrons. The highest BCUT2D eigenvalue weighted by Crippen LogP contribution is 2.36. The minimum Gasteiger partial charge on any atom is -0.366 e. The zero-order valence-corrected chi connectivity index (χ0v) is 12.4. The van der Waals surface area contributed by atoms with Crippen LogP contribution in [0.15, 0.2) is 10.7 Å². The molecule has 0 atom stereocenters. The molecule has 6 heteroatoms. The monoisotopic (exact) mass is 313 g/mol. The summed E-state index contributed by atoms with van der Waals surface area (Å²) < 4.78 is 0.867. The SMILES string of the molecule is CC1(C)CCC(Nc2nc(NN)ncc2Br)CC1. The molecule has 0 amide bonds. The van der Waals surface area contributed by atoms with Crippen LogP contribution in [0.3, 0.4) is 0 Å². The Bertz CT molecular complexity index is 411. The topological polar surface area (TPSA) is 75.9 Å². The molecule has 0 unspecified atom stereocenters. The smallest absolute Gasteiger partial charge is 0.239 e. The van der Waals surface area contributed by atoms with E-state index in [9.17, 15) is 0 Å². The Morgan fingerprint density at radius 2 is 2.06 bits per heavy atom. The normalized spacial score (nSPS) is 19.6. The summed E-state index contributed by atoms with van der Waals surface area (Å²) in [6.07, 6.45) is 6.55. The molecule has 1 fully saturated rings. The van der Waals surface area contributed by atoms with E-state index in [4.69, 9.17) is 5.84 Å². The fraction of sp³-hybridized carbons (Fsp3) is 0.667. The number of anilines is 2. The van der Waals surface area contributed by atoms with E-state index in [1.165, 1.54) is 25.7 Å². The molecule has 5 nitrogen and oxygen atoms in total. The second-order valence-corrected chi connectivity index (χ2v) is 6.47. The van der Waals surface area contributed by atoms with Gasteiger partial charge in [-0.15, -0.1) is 0 Å². The number of hydrogen-bond donors (Lipinski definition) is 3. The number of hydrazine groups is 1. The number of nitrogens with two attached hydrogens (primary N) is 1. The lowest BCUT2D eigenvalue weighted by Gasteiger charge is -2.34. The van der Waals surface area contributed by atoms with Crippen LogP contribution in [0.2, 0.25) is 0 Å². The lowest BCUT2D eigenvalue weighted by molar-refractivity contribution is 0.232. The molecule has 2 rings (SSSR count). The van der Waals surface area contributed by atoms with Crippen molar-refractivity contribution in [3.63, 3.8) is 0 Å². The van der Waals surface area contributed by atoms with Crippen molar-refractivity contribution in [2.75, 3.05) is 10.7 Å². The van der Waals surface area contributed by atoms with Crippen molar-refractivity contribution >= 4 is 27.7 Å². The van der Waals surface area contributed by atoms with E-state index in [-0.39, 0.29) is 0 Å². The Kier molecular flexibility index (Phi) is 4.07. The van der Waals surface area contributed by atoms with Crippen LogP contribution < -0.4 is 16.6 Å². The van der Waals surface area contributed by atoms with Gasteiger partial charge in [0.1, 0.15) is 5.82 Å². The van der Waals surface area contributed by atoms with Gasteiger partial charge in [0.25, 0.3) is 0 Å². The summed E-state index contributed by atoms with van der Waals surface area (Å²) in [6.45, 7) is 4.67. The average molecular weight is 314 g/mol. The van der Waals surface area contributed by atoms with E-state index in [1.807, 2.05) is 0 Å². The van der Waals surface area contributed by atoms with Crippen LogP contribution in [-0.2, 0) is 0 Å². The van der Waals surface area contributed by atoms with Crippen molar-refractivity contribution in [1.29, 1.82) is 0 Å². The third-order valence-electron chi connectivity index (χ3n) is 3.55. The number of nitrogens with zero attached hydrogens (tertiary/aromatic N) is 2. The molecule has 0 aliphatic heterocycles. The molecule has 0 bridgehead atoms. The summed E-state index contributed by atoms with van der Waals surface area (Å²) in [5, 5.41) is 3.47. The maximum atomic E-state index is 5.32. The van der Waals surface area contributed by atoms with Gasteiger partial charge in [-0.05, 0) is 47.0 Å². The van der Waals surface area contributed by atoms with Crippen LogP contribution in [0, 0.1) is 5.41 Å². The highest BCUT2D eigenvalue weighted by Gasteiger charge is 2.27. The van der Waals surface area contributed by atoms with Crippen LogP contribution in [0.1, 0.15) is 39.5 Å². The van der Waals surface area contributed by atoms with Crippen LogP contribution in [0.4, 0.5) is 11.8 Å². The number of hydrogen-bond acceptors (Lipinski definition) is 5. The summed E-state index contributed by atoms with van der Waals surface area (Å²) in [4.78, 5) is 8.36. The molecule has 0 aromatic carbocycles. The molecule has 4 N–H and O–H groups in total. The molecule has 1 saturated carbocycles. The zero-order chi connectivity index (χ0) is 13.2. The third-order valence-corrected chi connectivity index (χ3v) is 4.13. The van der Waals surface area contributed by atoms with Gasteiger partial charge >= 0.3 is 0 Å². The van der Waals surface area contributed by atoms with E-state index in [2.05, 4.69) is 50.5 Å². The average Bonchev–Trinajstić information content (AvgIpc) is 2.34. The Hall–Kier alpha value is -0.880. The second kappa shape index (κ2) is 5.40. The van der Waals surface area contributed by atoms with Gasteiger partial charge in [-0.3, -0.25) is 5.43 Å². The standard InChI is InChI=1S/C12H20BrN5/c1-12(2)5-3-8(4-6-12)16-10-9(13)7-15-11(17-10)18-14/h7-8H,3-6,14H2,1-2H3,(H2,15,16,17,18). The minimum absolute atomic E-state index is 0.428. The van der Waals surface area contributed by atoms with Crippen LogP contribution >= 0.6 is 15.9 Å². The van der Waals surface area contributed by atoms with Gasteiger partial charge in [-0.2, -0.15) is 4.98 Å². The van der Waals surface area contributed by atoms with Gasteiger partial charge < -0.3 is 5.32 Å². The molecule has 0 radical (unpaired) electrons. The van der Waals surface area contributed by atoms with E-state index < -0.39 is 0 Å². The molecule has 18 heavy (non-hydrogen) atoms. The van der Waals surface area contributed by atoms with Gasteiger partial charge in [-0.1, -0.05) is 13.8 Å². The van der Waals surface area contributed by atoms with Crippen molar-refractivity contribution in [2.45, 2.75) is 45.6 Å². The van der Waals surface area contributed by atoms with E-state index in [0.717, 1.165) is 10.3 Å². The van der Waals surface area contributed by atoms with Gasteiger partial charge in [0.15, 0.2) is 0 Å². The first-order valence-corrected chi connectivity index (χ1v) is 7.05. The van der Waals surface area contributed by atoms with E-state index >= 15 is 0 Å². The summed E-state index contributed by atoms with van der Waals surface area (Å²) in [5.41, 5.74) is 2.94. The highest BCUT2D eigenvalue weighted by molar-refractivity contribution is 9.10. The van der Waals surface area contributed by atoms with Crippen molar-refractivity contribution < 1.29 is 0 Å². The van der Waals surface area contributed by atoms with Gasteiger partial charge in [0.2, 0.25) is 5.95 Å². The summed E-state index contributed by atoms with van der Waals surface area (Å²) >= 11 is 3.45. The quantitative estimate of drug-likeness (QED) is 0.591. The largest absolute Gasteiger partial charge is 0.366 e. The van der Waals surface area contributed by atoms with Crippen LogP contribution in [0.5, 0.6) is 0 Å². The lowest BCUT2D eigenvalue weighted by atomic mass is 9.75. The highest BCUT2D eigenvalue weighted by atomic mass is 79.9. The minimum atomic E-state index is 0.428. The Labute approximate surface area is 116 Å². The first kappa shape index (κ1) is 13.5. The van der Waals surface area contributed by atoms with Crippen molar-refractivity contribution in [3.05, 3.63) is 10.7 Å². The van der Waals surface area contributed by atoms with Crippen molar-refractivity contribution in [2.24, 2.45) is 11.3 Å². The van der Waals surface area contributed by atoms with Crippen molar-refractivity contribution in [3.8, 4) is 0 Å². The Balaban J connectivity index is 2.01. The first-order valence-electron chi connectivity index (χ1n) is 6.26. The molecule has 1 aliphatic carbocycles. The first-order chi connectivity index (χ1) is 8.50. The lowest BCUT2D eigenvalue weighted by Crippen LogP contribution is -2.30. The van der Waals surface area contributed by atoms with Gasteiger partial charge in [0, 0.05) is 12.2 Å². The number of aromatic nitrogens is 2. The summed E-state index contributed by atoms with van der Waals surface area (Å²) in [6, 6.07) is 0.481. The molecular weight excluding hydrogens is 294 g/mol. The maximum absolute atomic E-state index is 5.32. The number of halogens is 1. The van der Waals surface area contributed by atoms with Crippen LogP contribution in [0.25, 0.3) is 0 Å². The predicted molar refractivity (Wildman–Crippen MR) is 77.2 cm³/mol. The number of rotatable bonds is 3. The van der Waals surface area contributed by atoms with Gasteiger partial charge in [0.05, 0.1) is 4.47 Å². The fourth-order valence-corrected chi connectivity index (χ4v) is 2.58. The van der Waals surface area contributed by atoms with Crippen LogP contribution in [-0.4, -0.2) is 16.0 Å². The zero-order valence-electron chi connectivity index (χ0n) is 10.8. The summed E-state index contributed by atoms with van der Waals surface area (Å²) in [7, 11) is 0. The second-order valence-electron chi connectivity index (χ2n) is 5.62. The van der Waals surface area contributed by atoms with E-state index in [1.54, 1.807) is 6.20 Å². The molecular formula is C12H20BrN5. The Morgan fingerprint density at radius 3 is 2.67 bits per heavy atom. The molecule has 1 aromatic rings. The molecule has 0 spiro atoms. The van der Waals surface area contributed by atoms with Gasteiger partial charge in [-0.25, -0.2) is 10.8 Å². The Morgan fingerprint density at radius 1 is 1.39 bits per heavy atom. The van der Waals surface area contributed by atoms with Crippen molar-refractivity contribution in [1.82, 2.24) is 9.97 Å². The molecule has 1 aromatic heterocycles. The number of nitrogens with one attached hydrogen (secondary N) is 2. The maximum Gasteiger partial charge on any atom is 0.239 e. The molecule has 0 saturated heterocycles. The molecule has 1 heterocycles. The molecule has 1 aliphatic rings. The summed E-state index contributed by atoms with van der Waals surface area (Å²) in [5.74, 6) is 6.56. The van der Waals surface area contributed by atoms with E-state index in [0.29, 0.717) is 17.4 Å². The number of nitrogen functional groups attached to an aromatic ring is 1. The predicted octanol–water partition coefficient (Wildman–Crippen LogP) is 2.91. The fourth-order valence-electron chi connectivity index (χ4n) is 2.27. The third kappa shape index (κ3) is 3.32.